The first-order valence-corrected chi connectivity index (χ1v) is 14.9. The van der Waals surface area contributed by atoms with Gasteiger partial charge in [-0.15, -0.1) is 0 Å². The van der Waals surface area contributed by atoms with Crippen molar-refractivity contribution in [3.63, 3.8) is 0 Å². The molecule has 0 fully saturated rings. The van der Waals surface area contributed by atoms with Crippen molar-refractivity contribution in [3.8, 4) is 17.6 Å². The van der Waals surface area contributed by atoms with Crippen molar-refractivity contribution in [1.82, 2.24) is 0 Å². The summed E-state index contributed by atoms with van der Waals surface area (Å²) in [6, 6.07) is 18.3. The molecule has 3 aromatic rings. The fraction of sp³-hybridized carbons (Fsp3) is 0.294. The normalized spacial score (nSPS) is 17.7. The van der Waals surface area contributed by atoms with Gasteiger partial charge in [-0.3, -0.25) is 19.8 Å². The number of anilines is 1. The quantitative estimate of drug-likeness (QED) is 0.204. The van der Waals surface area contributed by atoms with Crippen molar-refractivity contribution in [2.45, 2.75) is 53.1 Å². The average Bonchev–Trinajstić information content (AvgIpc) is 2.96. The van der Waals surface area contributed by atoms with E-state index >= 15 is 0 Å². The van der Waals surface area contributed by atoms with E-state index in [1.165, 1.54) is 18.1 Å². The number of nitro groups is 1. The van der Waals surface area contributed by atoms with Crippen LogP contribution in [0.2, 0.25) is 0 Å². The highest BCUT2D eigenvalue weighted by Gasteiger charge is 2.46. The fourth-order valence-electron chi connectivity index (χ4n) is 6.19. The summed E-state index contributed by atoms with van der Waals surface area (Å²) in [6.07, 6.45) is 0.693. The number of nitriles is 1. The summed E-state index contributed by atoms with van der Waals surface area (Å²) in [6.45, 7) is 8.16. The van der Waals surface area contributed by atoms with Crippen LogP contribution in [-0.4, -0.2) is 17.8 Å². The summed E-state index contributed by atoms with van der Waals surface area (Å²) in [5.41, 5.74) is 10.9. The number of nitro benzene ring substituents is 1. The number of halogens is 1. The zero-order valence-electron chi connectivity index (χ0n) is 25.2. The van der Waals surface area contributed by atoms with Gasteiger partial charge < -0.3 is 15.2 Å². The summed E-state index contributed by atoms with van der Waals surface area (Å²) in [5, 5.41) is 22.8. The van der Waals surface area contributed by atoms with Crippen LogP contribution in [0, 0.1) is 40.7 Å². The van der Waals surface area contributed by atoms with Crippen LogP contribution in [0.4, 0.5) is 11.4 Å². The lowest BCUT2D eigenvalue weighted by atomic mass is 9.68. The smallest absolute Gasteiger partial charge is 0.296 e. The summed E-state index contributed by atoms with van der Waals surface area (Å²) in [5.74, 6) is 0.201. The molecule has 0 bridgehead atoms. The molecule has 0 aromatic heterocycles. The Hall–Kier alpha value is -4.62. The molecule has 226 valence electrons. The zero-order chi connectivity index (χ0) is 31.9. The molecule has 10 heteroatoms. The van der Waals surface area contributed by atoms with Crippen molar-refractivity contribution < 1.29 is 19.2 Å². The van der Waals surface area contributed by atoms with E-state index in [4.69, 9.17) is 15.2 Å². The van der Waals surface area contributed by atoms with Crippen LogP contribution in [0.15, 0.2) is 81.7 Å². The number of allylic oxidation sites excluding steroid dienone is 3. The van der Waals surface area contributed by atoms with Gasteiger partial charge in [-0.1, -0.05) is 43.7 Å². The lowest BCUT2D eigenvalue weighted by Crippen LogP contribution is -2.42. The van der Waals surface area contributed by atoms with Gasteiger partial charge in [0.1, 0.15) is 29.6 Å². The Morgan fingerprint density at radius 2 is 1.89 bits per heavy atom. The first-order chi connectivity index (χ1) is 20.9. The van der Waals surface area contributed by atoms with Crippen LogP contribution in [0.1, 0.15) is 54.9 Å². The second-order valence-corrected chi connectivity index (χ2v) is 12.8. The van der Waals surface area contributed by atoms with E-state index in [1.54, 1.807) is 12.1 Å². The average molecular weight is 658 g/mol. The molecule has 3 aromatic carbocycles. The second kappa shape index (κ2) is 11.8. The van der Waals surface area contributed by atoms with Crippen molar-refractivity contribution in [3.05, 3.63) is 114 Å². The van der Waals surface area contributed by atoms with Crippen molar-refractivity contribution in [2.75, 3.05) is 12.0 Å². The summed E-state index contributed by atoms with van der Waals surface area (Å²) in [7, 11) is 1.43. The molecule has 0 spiro atoms. The highest BCUT2D eigenvalue weighted by atomic mass is 79.9. The molecule has 0 amide bonds. The number of nitrogens with zero attached hydrogens (tertiary/aromatic N) is 3. The largest absolute Gasteiger partial charge is 0.496 e. The van der Waals surface area contributed by atoms with Gasteiger partial charge >= 0.3 is 0 Å². The van der Waals surface area contributed by atoms with Crippen LogP contribution in [0.25, 0.3) is 0 Å². The van der Waals surface area contributed by atoms with E-state index in [0.29, 0.717) is 29.2 Å². The minimum Gasteiger partial charge on any atom is -0.496 e. The molecule has 9 nitrogen and oxygen atoms in total. The number of benzene rings is 3. The molecule has 1 unspecified atom stereocenters. The number of hydrogen-bond donors (Lipinski definition) is 1. The number of nitrogens with two attached hydrogens (primary N) is 1. The van der Waals surface area contributed by atoms with Crippen molar-refractivity contribution >= 4 is 33.1 Å². The third-order valence-corrected chi connectivity index (χ3v) is 8.89. The number of ketones is 1. The van der Waals surface area contributed by atoms with Gasteiger partial charge in [0.25, 0.3) is 5.69 Å². The zero-order valence-corrected chi connectivity index (χ0v) is 26.8. The number of Topliss-reactive ketones (excluding diaryl/α,β-unsaturated/α-hetero) is 1. The Kier molecular flexibility index (Phi) is 8.28. The van der Waals surface area contributed by atoms with E-state index in [-0.39, 0.29) is 41.6 Å². The number of methoxy groups -OCH3 is 1. The lowest BCUT2D eigenvalue weighted by Gasteiger charge is -2.43. The summed E-state index contributed by atoms with van der Waals surface area (Å²) >= 11 is 3.53. The fourth-order valence-corrected chi connectivity index (χ4v) is 6.59. The number of carbonyl (C=O) groups is 1. The van der Waals surface area contributed by atoms with E-state index in [0.717, 1.165) is 26.7 Å². The predicted octanol–water partition coefficient (Wildman–Crippen LogP) is 7.50. The van der Waals surface area contributed by atoms with Gasteiger partial charge in [0.2, 0.25) is 0 Å². The summed E-state index contributed by atoms with van der Waals surface area (Å²) < 4.78 is 12.2. The molecule has 2 aliphatic rings. The number of rotatable bonds is 7. The monoisotopic (exact) mass is 656 g/mol. The van der Waals surface area contributed by atoms with E-state index < -0.39 is 16.3 Å². The molecule has 0 saturated heterocycles. The molecule has 1 atom stereocenters. The Bertz CT molecular complexity index is 1800. The first kappa shape index (κ1) is 30.8. The third kappa shape index (κ3) is 5.55. The highest BCUT2D eigenvalue weighted by Crippen LogP contribution is 2.52. The molecule has 1 aliphatic heterocycles. The molecule has 0 radical (unpaired) electrons. The van der Waals surface area contributed by atoms with Crippen LogP contribution >= 0.6 is 15.9 Å². The minimum absolute atomic E-state index is 0.0574. The van der Waals surface area contributed by atoms with Gasteiger partial charge in [-0.2, -0.15) is 5.26 Å². The van der Waals surface area contributed by atoms with Crippen LogP contribution < -0.4 is 20.1 Å². The Labute approximate surface area is 264 Å². The molecule has 0 saturated carbocycles. The van der Waals surface area contributed by atoms with Gasteiger partial charge in [-0.05, 0) is 82.6 Å². The molecule has 5 rings (SSSR count). The van der Waals surface area contributed by atoms with Crippen LogP contribution in [-0.2, 0) is 11.4 Å². The van der Waals surface area contributed by atoms with Gasteiger partial charge in [0, 0.05) is 17.7 Å². The lowest BCUT2D eigenvalue weighted by molar-refractivity contribution is -0.384. The molecule has 2 N–H and O–H groups in total. The Morgan fingerprint density at radius 3 is 2.55 bits per heavy atom. The summed E-state index contributed by atoms with van der Waals surface area (Å²) in [4.78, 5) is 27.3. The Balaban J connectivity index is 1.72. The van der Waals surface area contributed by atoms with Crippen molar-refractivity contribution in [2.24, 2.45) is 11.1 Å². The second-order valence-electron chi connectivity index (χ2n) is 11.9. The molecule has 1 aliphatic carbocycles. The van der Waals surface area contributed by atoms with Gasteiger partial charge in [-0.25, -0.2) is 0 Å². The molecule has 1 heterocycles. The number of para-hydroxylation sites is 1. The number of carbonyl (C=O) groups excluding carboxylic acids is 1. The SMILES string of the molecule is COc1ccc(N2C(N)=C(C#N)C(c3cc(C)cc(COc4ccccc4Br)c3C)C3=C2CC(C)(C)CC3=O)c([N+](=O)[O-])c1. The number of aryl methyl sites for hydroxylation is 1. The van der Waals surface area contributed by atoms with Crippen LogP contribution in [0.5, 0.6) is 11.5 Å². The Morgan fingerprint density at radius 1 is 1.16 bits per heavy atom. The van der Waals surface area contributed by atoms with E-state index in [1.807, 2.05) is 64.1 Å². The molecule has 44 heavy (non-hydrogen) atoms. The predicted molar refractivity (Wildman–Crippen MR) is 171 cm³/mol. The molecular weight excluding hydrogens is 624 g/mol. The van der Waals surface area contributed by atoms with Gasteiger partial charge in [0.05, 0.1) is 40.1 Å². The standard InChI is InChI=1S/C34H33BrN4O5/c1-19-12-21(18-44-30-9-7-6-8-25(30)35)20(2)23(13-19)31-24(17-36)33(37)38(28-15-34(3,4)16-29(40)32(28)31)26-11-10-22(43-5)14-27(26)39(41)42/h6-14,31H,15-16,18,37H2,1-5H3. The molecular formula is C34H33BrN4O5. The maximum Gasteiger partial charge on any atom is 0.296 e. The third-order valence-electron chi connectivity index (χ3n) is 8.23. The number of ether oxygens (including phenoxy) is 2. The highest BCUT2D eigenvalue weighted by molar-refractivity contribution is 9.10. The van der Waals surface area contributed by atoms with Gasteiger partial charge in [0.15, 0.2) is 5.78 Å². The van der Waals surface area contributed by atoms with Crippen LogP contribution in [0.3, 0.4) is 0 Å². The van der Waals surface area contributed by atoms with E-state index in [2.05, 4.69) is 22.0 Å². The first-order valence-electron chi connectivity index (χ1n) is 14.1. The topological polar surface area (TPSA) is 132 Å². The maximum atomic E-state index is 14.1. The maximum absolute atomic E-state index is 14.1. The minimum atomic E-state index is -0.741. The van der Waals surface area contributed by atoms with Crippen molar-refractivity contribution in [1.29, 1.82) is 5.26 Å². The number of hydrogen-bond acceptors (Lipinski definition) is 8. The van der Waals surface area contributed by atoms with E-state index in [9.17, 15) is 20.2 Å².